The zero-order valence-electron chi connectivity index (χ0n) is 13.7. The lowest BCUT2D eigenvalue weighted by molar-refractivity contribution is -0.130. The third kappa shape index (κ3) is 3.39. The van der Waals surface area contributed by atoms with E-state index < -0.39 is 0 Å². The van der Waals surface area contributed by atoms with Gasteiger partial charge in [-0.25, -0.2) is 5.01 Å². The number of benzene rings is 1. The number of furan rings is 2. The van der Waals surface area contributed by atoms with Crippen LogP contribution in [0, 0.1) is 0 Å². The van der Waals surface area contributed by atoms with Gasteiger partial charge in [-0.1, -0.05) is 0 Å². The van der Waals surface area contributed by atoms with Crippen molar-refractivity contribution in [2.24, 2.45) is 5.10 Å². The van der Waals surface area contributed by atoms with Gasteiger partial charge in [0.15, 0.2) is 0 Å². The molecule has 3 aromatic rings. The van der Waals surface area contributed by atoms with Crippen molar-refractivity contribution in [3.8, 4) is 5.75 Å². The number of thioether (sulfide) groups is 1. The summed E-state index contributed by atoms with van der Waals surface area (Å²) in [6, 6.07) is 13.7. The maximum atomic E-state index is 12.8. The van der Waals surface area contributed by atoms with Crippen molar-refractivity contribution in [3.63, 3.8) is 0 Å². The largest absolute Gasteiger partial charge is 0.508 e. The predicted molar refractivity (Wildman–Crippen MR) is 97.0 cm³/mol. The highest BCUT2D eigenvalue weighted by Crippen LogP contribution is 2.34. The first-order valence-electron chi connectivity index (χ1n) is 8.09. The second-order valence-electron chi connectivity index (χ2n) is 5.78. The van der Waals surface area contributed by atoms with Gasteiger partial charge in [-0.2, -0.15) is 5.10 Å². The molecule has 6 nitrogen and oxygen atoms in total. The van der Waals surface area contributed by atoms with Crippen molar-refractivity contribution < 1.29 is 18.7 Å². The number of carbonyl (C=O) groups excluding carboxylic acids is 1. The molecule has 4 rings (SSSR count). The Hall–Kier alpha value is -2.93. The van der Waals surface area contributed by atoms with Gasteiger partial charge in [-0.15, -0.1) is 11.8 Å². The Labute approximate surface area is 154 Å². The molecule has 7 heteroatoms. The highest BCUT2D eigenvalue weighted by atomic mass is 32.2. The highest BCUT2D eigenvalue weighted by molar-refractivity contribution is 8.00. The molecule has 0 saturated carbocycles. The van der Waals surface area contributed by atoms with Gasteiger partial charge in [0.05, 0.1) is 18.3 Å². The monoisotopic (exact) mass is 368 g/mol. The van der Waals surface area contributed by atoms with Crippen LogP contribution in [0.3, 0.4) is 0 Å². The van der Waals surface area contributed by atoms with E-state index in [0.29, 0.717) is 17.9 Å². The number of hydrogen-bond acceptors (Lipinski definition) is 6. The lowest BCUT2D eigenvalue weighted by Crippen LogP contribution is -2.28. The minimum Gasteiger partial charge on any atom is -0.508 e. The number of hydrazone groups is 1. The molecular weight excluding hydrogens is 352 g/mol. The molecule has 0 bridgehead atoms. The molecule has 0 aliphatic carbocycles. The Morgan fingerprint density at radius 1 is 1.15 bits per heavy atom. The van der Waals surface area contributed by atoms with Crippen LogP contribution in [0.4, 0.5) is 0 Å². The quantitative estimate of drug-likeness (QED) is 0.687. The lowest BCUT2D eigenvalue weighted by atomic mass is 10.1. The fourth-order valence-corrected chi connectivity index (χ4v) is 3.54. The van der Waals surface area contributed by atoms with Gasteiger partial charge < -0.3 is 13.9 Å². The van der Waals surface area contributed by atoms with E-state index >= 15 is 0 Å². The molecule has 2 aromatic heterocycles. The fraction of sp³-hybridized carbons (Fsp3) is 0.158. The molecule has 1 aliphatic heterocycles. The number of phenolic OH excluding ortho intramolecular Hbond substituents is 1. The summed E-state index contributed by atoms with van der Waals surface area (Å²) < 4.78 is 10.9. The van der Waals surface area contributed by atoms with Gasteiger partial charge in [0, 0.05) is 11.3 Å². The van der Waals surface area contributed by atoms with Crippen molar-refractivity contribution in [3.05, 3.63) is 72.6 Å². The first kappa shape index (κ1) is 16.5. The summed E-state index contributed by atoms with van der Waals surface area (Å²) in [5.41, 5.74) is 0.722. The van der Waals surface area contributed by atoms with Crippen molar-refractivity contribution in [1.29, 1.82) is 0 Å². The van der Waals surface area contributed by atoms with Gasteiger partial charge in [-0.3, -0.25) is 4.79 Å². The second kappa shape index (κ2) is 7.13. The number of phenols is 1. The van der Waals surface area contributed by atoms with Crippen molar-refractivity contribution in [2.45, 2.75) is 17.4 Å². The summed E-state index contributed by atoms with van der Waals surface area (Å²) in [4.78, 5) is 13.7. The fourth-order valence-electron chi connectivity index (χ4n) is 2.79. The third-order valence-corrected chi connectivity index (χ3v) is 5.04. The van der Waals surface area contributed by atoms with Crippen LogP contribution >= 0.6 is 11.8 Å². The van der Waals surface area contributed by atoms with Gasteiger partial charge in [-0.05, 0) is 48.5 Å². The van der Waals surface area contributed by atoms with Gasteiger partial charge in [0.1, 0.15) is 29.0 Å². The summed E-state index contributed by atoms with van der Waals surface area (Å²) in [7, 11) is 0. The molecule has 1 N–H and O–H groups in total. The van der Waals surface area contributed by atoms with Crippen LogP contribution < -0.4 is 0 Å². The van der Waals surface area contributed by atoms with E-state index in [2.05, 4.69) is 5.10 Å². The molecule has 3 heterocycles. The van der Waals surface area contributed by atoms with E-state index in [9.17, 15) is 9.90 Å². The van der Waals surface area contributed by atoms with E-state index in [1.54, 1.807) is 48.9 Å². The van der Waals surface area contributed by atoms with E-state index in [-0.39, 0.29) is 23.5 Å². The molecule has 0 spiro atoms. The molecule has 1 amide bonds. The summed E-state index contributed by atoms with van der Waals surface area (Å²) >= 11 is 1.40. The molecule has 0 radical (unpaired) electrons. The van der Waals surface area contributed by atoms with Gasteiger partial charge in [0.2, 0.25) is 0 Å². The van der Waals surface area contributed by atoms with E-state index in [1.807, 2.05) is 12.1 Å². The summed E-state index contributed by atoms with van der Waals surface area (Å²) in [6.07, 6.45) is 3.72. The van der Waals surface area contributed by atoms with Crippen LogP contribution in [0.25, 0.3) is 0 Å². The lowest BCUT2D eigenvalue weighted by Gasteiger charge is -2.19. The van der Waals surface area contributed by atoms with Gasteiger partial charge in [0.25, 0.3) is 5.91 Å². The van der Waals surface area contributed by atoms with Crippen molar-refractivity contribution in [2.75, 3.05) is 5.75 Å². The molecule has 26 heavy (non-hydrogen) atoms. The summed E-state index contributed by atoms with van der Waals surface area (Å²) in [5, 5.41) is 15.3. The zero-order valence-corrected chi connectivity index (χ0v) is 14.6. The molecular formula is C19H16N2O4S. The summed E-state index contributed by atoms with van der Waals surface area (Å²) in [6.45, 7) is 0. The topological polar surface area (TPSA) is 79.2 Å². The number of aromatic hydroxyl groups is 1. The SMILES string of the molecule is O=C(CSc1ccc(O)cc1)N1N=C(c2ccco2)C[C@H]1c1ccco1. The number of nitrogens with zero attached hydrogens (tertiary/aromatic N) is 2. The third-order valence-electron chi connectivity index (χ3n) is 4.04. The van der Waals surface area contributed by atoms with E-state index in [1.165, 1.54) is 16.8 Å². The minimum atomic E-state index is -0.280. The number of amides is 1. The zero-order chi connectivity index (χ0) is 17.9. The van der Waals surface area contributed by atoms with Crippen molar-refractivity contribution in [1.82, 2.24) is 5.01 Å². The Balaban J connectivity index is 1.52. The second-order valence-corrected chi connectivity index (χ2v) is 6.83. The van der Waals surface area contributed by atoms with E-state index in [0.717, 1.165) is 10.6 Å². The van der Waals surface area contributed by atoms with Crippen LogP contribution in [0.15, 0.2) is 79.9 Å². The summed E-state index contributed by atoms with van der Waals surface area (Å²) in [5.74, 6) is 1.66. The highest BCUT2D eigenvalue weighted by Gasteiger charge is 2.35. The Morgan fingerprint density at radius 3 is 2.62 bits per heavy atom. The average Bonchev–Trinajstić information content (AvgIpc) is 3.41. The van der Waals surface area contributed by atoms with E-state index in [4.69, 9.17) is 8.83 Å². The first-order chi connectivity index (χ1) is 12.7. The molecule has 0 unspecified atom stereocenters. The maximum Gasteiger partial charge on any atom is 0.253 e. The molecule has 132 valence electrons. The van der Waals surface area contributed by atoms with Crippen LogP contribution in [0.1, 0.15) is 24.0 Å². The molecule has 0 saturated heterocycles. The standard InChI is InChI=1S/C19H16N2O4S/c22-13-5-7-14(8-6-13)26-12-19(23)21-16(18-4-2-10-25-18)11-15(20-21)17-3-1-9-24-17/h1-10,16,22H,11-12H2/t16-/m0/s1. The number of carbonyl (C=O) groups is 1. The Kier molecular flexibility index (Phi) is 4.53. The maximum absolute atomic E-state index is 12.8. The number of hydrogen-bond donors (Lipinski definition) is 1. The molecule has 1 atom stereocenters. The molecule has 1 aromatic carbocycles. The van der Waals surface area contributed by atoms with Crippen LogP contribution in [-0.4, -0.2) is 27.5 Å². The minimum absolute atomic E-state index is 0.119. The van der Waals surface area contributed by atoms with Crippen LogP contribution in [0.5, 0.6) is 5.75 Å². The molecule has 0 fully saturated rings. The predicted octanol–water partition coefficient (Wildman–Crippen LogP) is 4.05. The Morgan fingerprint density at radius 2 is 1.92 bits per heavy atom. The average molecular weight is 368 g/mol. The molecule has 1 aliphatic rings. The normalized spacial score (nSPS) is 16.7. The Bertz CT molecular complexity index is 902. The van der Waals surface area contributed by atoms with Crippen LogP contribution in [0.2, 0.25) is 0 Å². The first-order valence-corrected chi connectivity index (χ1v) is 9.08. The van der Waals surface area contributed by atoms with Crippen molar-refractivity contribution >= 4 is 23.4 Å². The van der Waals surface area contributed by atoms with Crippen LogP contribution in [-0.2, 0) is 4.79 Å². The smallest absolute Gasteiger partial charge is 0.253 e. The van der Waals surface area contributed by atoms with Gasteiger partial charge >= 0.3 is 0 Å². The number of rotatable bonds is 5.